The van der Waals surface area contributed by atoms with Crippen LogP contribution in [0.25, 0.3) is 0 Å². The van der Waals surface area contributed by atoms with Crippen molar-refractivity contribution in [3.05, 3.63) is 0 Å². The molecule has 1 saturated carbocycles. The molecule has 4 heteroatoms. The van der Waals surface area contributed by atoms with Gasteiger partial charge in [0.25, 0.3) is 0 Å². The molecule has 96 valence electrons. The van der Waals surface area contributed by atoms with Crippen molar-refractivity contribution in [2.45, 2.75) is 39.5 Å². The van der Waals surface area contributed by atoms with Gasteiger partial charge in [-0.05, 0) is 31.1 Å². The average Bonchev–Trinajstić information content (AvgIpc) is 3.01. The second kappa shape index (κ2) is 4.31. The van der Waals surface area contributed by atoms with Gasteiger partial charge in [0.05, 0.1) is 11.8 Å². The third-order valence-corrected chi connectivity index (χ3v) is 4.67. The Morgan fingerprint density at radius 3 is 2.35 bits per heavy atom. The largest absolute Gasteiger partial charge is 0.481 e. The minimum atomic E-state index is -0.820. The number of rotatable bonds is 4. The molecule has 0 spiro atoms. The van der Waals surface area contributed by atoms with Crippen LogP contribution in [0.1, 0.15) is 39.5 Å². The normalized spacial score (nSPS) is 30.4. The molecule has 2 atom stereocenters. The predicted octanol–water partition coefficient (Wildman–Crippen LogP) is 1.75. The fraction of sp³-hybridized carbons (Fsp3) is 0.846. The molecule has 0 radical (unpaired) electrons. The van der Waals surface area contributed by atoms with Crippen LogP contribution in [-0.4, -0.2) is 35.0 Å². The summed E-state index contributed by atoms with van der Waals surface area (Å²) in [5, 5.41) is 8.84. The quantitative estimate of drug-likeness (QED) is 0.813. The van der Waals surface area contributed by atoms with Gasteiger partial charge in [-0.2, -0.15) is 0 Å². The first-order valence-corrected chi connectivity index (χ1v) is 6.54. The Morgan fingerprint density at radius 1 is 1.29 bits per heavy atom. The van der Waals surface area contributed by atoms with E-state index in [9.17, 15) is 9.59 Å². The molecule has 17 heavy (non-hydrogen) atoms. The van der Waals surface area contributed by atoms with Gasteiger partial charge in [-0.25, -0.2) is 0 Å². The van der Waals surface area contributed by atoms with Gasteiger partial charge in [0.1, 0.15) is 0 Å². The van der Waals surface area contributed by atoms with E-state index >= 15 is 0 Å². The smallest absolute Gasteiger partial charge is 0.307 e. The molecule has 2 fully saturated rings. The highest BCUT2D eigenvalue weighted by molar-refractivity contribution is 5.89. The van der Waals surface area contributed by atoms with Crippen LogP contribution in [0.5, 0.6) is 0 Å². The Labute approximate surface area is 102 Å². The molecule has 1 heterocycles. The third kappa shape index (κ3) is 2.17. The fourth-order valence-corrected chi connectivity index (χ4v) is 2.93. The van der Waals surface area contributed by atoms with Gasteiger partial charge in [-0.3, -0.25) is 9.59 Å². The molecule has 1 amide bonds. The molecule has 0 bridgehead atoms. The van der Waals surface area contributed by atoms with Crippen molar-refractivity contribution < 1.29 is 14.7 Å². The minimum Gasteiger partial charge on any atom is -0.481 e. The number of carboxylic acids is 1. The Hall–Kier alpha value is -1.06. The Morgan fingerprint density at radius 2 is 1.94 bits per heavy atom. The topological polar surface area (TPSA) is 57.6 Å². The molecule has 0 aromatic rings. The SMILES string of the molecule is CCC1(CC)CCN(C(=O)C2CC2C(=O)O)C1. The maximum absolute atomic E-state index is 12.1. The molecule has 0 aromatic heterocycles. The molecular weight excluding hydrogens is 218 g/mol. The molecule has 2 rings (SSSR count). The standard InChI is InChI=1S/C13H21NO3/c1-3-13(4-2)5-6-14(8-13)11(15)9-7-10(9)12(16)17/h9-10H,3-8H2,1-2H3,(H,16,17). The van der Waals surface area contributed by atoms with Gasteiger partial charge in [0.15, 0.2) is 0 Å². The van der Waals surface area contributed by atoms with Crippen LogP contribution in [0, 0.1) is 17.3 Å². The Kier molecular flexibility index (Phi) is 3.15. The van der Waals surface area contributed by atoms with E-state index in [1.165, 1.54) is 0 Å². The van der Waals surface area contributed by atoms with Crippen LogP contribution < -0.4 is 0 Å². The van der Waals surface area contributed by atoms with Crippen molar-refractivity contribution >= 4 is 11.9 Å². The van der Waals surface area contributed by atoms with Crippen LogP contribution in [0.2, 0.25) is 0 Å². The number of hydrogen-bond acceptors (Lipinski definition) is 2. The number of aliphatic carboxylic acids is 1. The highest BCUT2D eigenvalue weighted by Crippen LogP contribution is 2.43. The van der Waals surface area contributed by atoms with Crippen LogP contribution in [0.4, 0.5) is 0 Å². The van der Waals surface area contributed by atoms with Crippen LogP contribution in [-0.2, 0) is 9.59 Å². The van der Waals surface area contributed by atoms with E-state index in [1.807, 2.05) is 4.90 Å². The zero-order valence-electron chi connectivity index (χ0n) is 10.6. The van der Waals surface area contributed by atoms with Crippen molar-refractivity contribution in [3.63, 3.8) is 0 Å². The monoisotopic (exact) mass is 239 g/mol. The fourth-order valence-electron chi connectivity index (χ4n) is 2.93. The molecule has 4 nitrogen and oxygen atoms in total. The number of carboxylic acid groups (broad SMARTS) is 1. The maximum Gasteiger partial charge on any atom is 0.307 e. The summed E-state index contributed by atoms with van der Waals surface area (Å²) >= 11 is 0. The first-order chi connectivity index (χ1) is 8.03. The Bertz CT molecular complexity index is 336. The lowest BCUT2D eigenvalue weighted by Crippen LogP contribution is -2.33. The number of hydrogen-bond donors (Lipinski definition) is 1. The van der Waals surface area contributed by atoms with E-state index < -0.39 is 11.9 Å². The molecule has 0 aromatic carbocycles. The molecule has 1 aliphatic heterocycles. The lowest BCUT2D eigenvalue weighted by Gasteiger charge is -2.26. The van der Waals surface area contributed by atoms with Crippen molar-refractivity contribution in [1.82, 2.24) is 4.90 Å². The average molecular weight is 239 g/mol. The summed E-state index contributed by atoms with van der Waals surface area (Å²) < 4.78 is 0. The summed E-state index contributed by atoms with van der Waals surface area (Å²) in [5.41, 5.74) is 0.281. The summed E-state index contributed by atoms with van der Waals surface area (Å²) in [6, 6.07) is 0. The summed E-state index contributed by atoms with van der Waals surface area (Å²) in [5.74, 6) is -1.40. The first-order valence-electron chi connectivity index (χ1n) is 6.54. The summed E-state index contributed by atoms with van der Waals surface area (Å²) in [6.45, 7) is 5.98. The van der Waals surface area contributed by atoms with Gasteiger partial charge in [-0.15, -0.1) is 0 Å². The van der Waals surface area contributed by atoms with E-state index in [-0.39, 0.29) is 17.2 Å². The zero-order chi connectivity index (χ0) is 12.6. The van der Waals surface area contributed by atoms with Gasteiger partial charge < -0.3 is 10.0 Å². The molecule has 2 unspecified atom stereocenters. The van der Waals surface area contributed by atoms with E-state index in [0.29, 0.717) is 6.42 Å². The van der Waals surface area contributed by atoms with Crippen LogP contribution >= 0.6 is 0 Å². The lowest BCUT2D eigenvalue weighted by molar-refractivity contribution is -0.141. The van der Waals surface area contributed by atoms with Gasteiger partial charge >= 0.3 is 5.97 Å². The number of carbonyl (C=O) groups excluding carboxylic acids is 1. The predicted molar refractivity (Wildman–Crippen MR) is 63.4 cm³/mol. The second-order valence-corrected chi connectivity index (χ2v) is 5.50. The number of amides is 1. The van der Waals surface area contributed by atoms with Gasteiger partial charge in [0.2, 0.25) is 5.91 Å². The van der Waals surface area contributed by atoms with Crippen molar-refractivity contribution in [1.29, 1.82) is 0 Å². The summed E-state index contributed by atoms with van der Waals surface area (Å²) in [6.07, 6.45) is 3.80. The maximum atomic E-state index is 12.1. The molecule has 2 aliphatic rings. The Balaban J connectivity index is 1.93. The van der Waals surface area contributed by atoms with E-state index in [2.05, 4.69) is 13.8 Å². The molecular formula is C13H21NO3. The number of likely N-dealkylation sites (tertiary alicyclic amines) is 1. The molecule has 1 N–H and O–H groups in total. The minimum absolute atomic E-state index is 0.0705. The van der Waals surface area contributed by atoms with Gasteiger partial charge in [0, 0.05) is 13.1 Å². The van der Waals surface area contributed by atoms with Crippen molar-refractivity contribution in [3.8, 4) is 0 Å². The zero-order valence-corrected chi connectivity index (χ0v) is 10.6. The number of nitrogens with zero attached hydrogens (tertiary/aromatic N) is 1. The molecule has 1 aliphatic carbocycles. The van der Waals surface area contributed by atoms with E-state index in [1.54, 1.807) is 0 Å². The van der Waals surface area contributed by atoms with Crippen LogP contribution in [0.15, 0.2) is 0 Å². The summed E-state index contributed by atoms with van der Waals surface area (Å²) in [7, 11) is 0. The first kappa shape index (κ1) is 12.4. The van der Waals surface area contributed by atoms with E-state index in [4.69, 9.17) is 5.11 Å². The second-order valence-electron chi connectivity index (χ2n) is 5.50. The highest BCUT2D eigenvalue weighted by atomic mass is 16.4. The van der Waals surface area contributed by atoms with Crippen molar-refractivity contribution in [2.75, 3.05) is 13.1 Å². The highest BCUT2D eigenvalue weighted by Gasteiger charge is 2.51. The molecule has 1 saturated heterocycles. The van der Waals surface area contributed by atoms with Crippen molar-refractivity contribution in [2.24, 2.45) is 17.3 Å². The van der Waals surface area contributed by atoms with Gasteiger partial charge in [-0.1, -0.05) is 13.8 Å². The number of carbonyl (C=O) groups is 2. The van der Waals surface area contributed by atoms with Crippen LogP contribution in [0.3, 0.4) is 0 Å². The summed E-state index contributed by atoms with van der Waals surface area (Å²) in [4.78, 5) is 24.8. The third-order valence-electron chi connectivity index (χ3n) is 4.67. The van der Waals surface area contributed by atoms with E-state index in [0.717, 1.165) is 32.4 Å². The lowest BCUT2D eigenvalue weighted by atomic mass is 9.82.